The Kier molecular flexibility index (Phi) is 21.6. The first-order chi connectivity index (χ1) is 21.9. The molecule has 0 unspecified atom stereocenters. The van der Waals surface area contributed by atoms with E-state index < -0.39 is 0 Å². The molecule has 0 saturated heterocycles. The molecule has 8 heteroatoms. The lowest BCUT2D eigenvalue weighted by Gasteiger charge is -2.23. The molecule has 250 valence electrons. The predicted molar refractivity (Wildman–Crippen MR) is 194 cm³/mol. The molecule has 2 aromatic carbocycles. The van der Waals surface area contributed by atoms with Crippen LogP contribution in [0.5, 0.6) is 0 Å². The van der Waals surface area contributed by atoms with Gasteiger partial charge in [0.1, 0.15) is 0 Å². The van der Waals surface area contributed by atoms with Crippen molar-refractivity contribution in [3.05, 3.63) is 68.6 Å². The Morgan fingerprint density at radius 1 is 0.533 bits per heavy atom. The van der Waals surface area contributed by atoms with Crippen LogP contribution in [0.3, 0.4) is 0 Å². The van der Waals surface area contributed by atoms with Crippen LogP contribution in [0.2, 0.25) is 0 Å². The standard InChI is InChI=1S/C37H55Br2N3O3/c1-2-3-4-5-6-7-8-9-10-11-12-13-14-18-35(43)42(30-17-28-41-37(45)32-21-25-34(39)26-22-32)29-16-15-27-40-36(44)31-19-23-33(38)24-20-31/h19-26H,2-18,27-30H2,1H3,(H,40,44)(H,41,45). The average molecular weight is 750 g/mol. The van der Waals surface area contributed by atoms with Crippen LogP contribution >= 0.6 is 31.9 Å². The molecule has 0 aromatic heterocycles. The number of nitrogens with one attached hydrogen (secondary N) is 2. The molecule has 0 spiro atoms. The smallest absolute Gasteiger partial charge is 0.251 e. The molecule has 2 aromatic rings. The Balaban J connectivity index is 1.67. The molecular formula is C37H55Br2N3O3. The number of amides is 3. The van der Waals surface area contributed by atoms with Crippen LogP contribution in [0.4, 0.5) is 0 Å². The SMILES string of the molecule is CCCCCCCCCCCCCCCC(=O)N(CCCCNC(=O)c1ccc(Br)cc1)CCCNC(=O)c1ccc(Br)cc1. The molecule has 0 bridgehead atoms. The number of halogens is 2. The van der Waals surface area contributed by atoms with E-state index in [2.05, 4.69) is 49.4 Å². The van der Waals surface area contributed by atoms with E-state index in [1.54, 1.807) is 24.3 Å². The van der Waals surface area contributed by atoms with Crippen LogP contribution in [-0.2, 0) is 4.79 Å². The van der Waals surface area contributed by atoms with Gasteiger partial charge in [-0.2, -0.15) is 0 Å². The second-order valence-electron chi connectivity index (χ2n) is 12.0. The van der Waals surface area contributed by atoms with E-state index in [0.717, 1.165) is 34.6 Å². The first kappa shape index (κ1) is 39.0. The Bertz CT molecular complexity index is 1090. The second-order valence-corrected chi connectivity index (χ2v) is 13.8. The molecule has 0 fully saturated rings. The van der Waals surface area contributed by atoms with Crippen molar-refractivity contribution in [3.8, 4) is 0 Å². The van der Waals surface area contributed by atoms with Gasteiger partial charge >= 0.3 is 0 Å². The van der Waals surface area contributed by atoms with Crippen LogP contribution in [0, 0.1) is 0 Å². The van der Waals surface area contributed by atoms with Crippen LogP contribution in [0.15, 0.2) is 57.5 Å². The molecule has 6 nitrogen and oxygen atoms in total. The van der Waals surface area contributed by atoms with E-state index in [1.807, 2.05) is 29.2 Å². The number of hydrogen-bond acceptors (Lipinski definition) is 3. The van der Waals surface area contributed by atoms with Gasteiger partial charge in [0.15, 0.2) is 0 Å². The third kappa shape index (κ3) is 18.5. The summed E-state index contributed by atoms with van der Waals surface area (Å²) in [5.74, 6) is 0.00410. The Hall–Kier alpha value is -2.19. The molecule has 0 heterocycles. The number of carbonyl (C=O) groups is 3. The van der Waals surface area contributed by atoms with Crippen LogP contribution < -0.4 is 10.6 Å². The minimum absolute atomic E-state index is 0.0839. The fourth-order valence-corrected chi connectivity index (χ4v) is 5.85. The molecule has 2 N–H and O–H groups in total. The summed E-state index contributed by atoms with van der Waals surface area (Å²) in [4.78, 5) is 40.0. The van der Waals surface area contributed by atoms with E-state index in [-0.39, 0.29) is 17.7 Å². The Morgan fingerprint density at radius 2 is 0.933 bits per heavy atom. The molecule has 0 aliphatic heterocycles. The highest BCUT2D eigenvalue weighted by molar-refractivity contribution is 9.10. The van der Waals surface area contributed by atoms with Crippen molar-refractivity contribution < 1.29 is 14.4 Å². The summed E-state index contributed by atoms with van der Waals surface area (Å²) >= 11 is 6.79. The zero-order chi connectivity index (χ0) is 32.5. The summed E-state index contributed by atoms with van der Waals surface area (Å²) in [7, 11) is 0. The fraction of sp³-hybridized carbons (Fsp3) is 0.595. The molecule has 3 amide bonds. The van der Waals surface area contributed by atoms with Crippen LogP contribution in [-0.4, -0.2) is 48.8 Å². The first-order valence-electron chi connectivity index (χ1n) is 17.3. The predicted octanol–water partition coefficient (Wildman–Crippen LogP) is 9.85. The fourth-order valence-electron chi connectivity index (χ4n) is 5.32. The van der Waals surface area contributed by atoms with Gasteiger partial charge < -0.3 is 15.5 Å². The number of benzene rings is 2. The van der Waals surface area contributed by atoms with Gasteiger partial charge in [0.05, 0.1) is 0 Å². The molecule has 45 heavy (non-hydrogen) atoms. The highest BCUT2D eigenvalue weighted by Crippen LogP contribution is 2.14. The zero-order valence-electron chi connectivity index (χ0n) is 27.4. The van der Waals surface area contributed by atoms with Crippen molar-refractivity contribution in [1.29, 1.82) is 0 Å². The highest BCUT2D eigenvalue weighted by Gasteiger charge is 2.14. The molecule has 0 atom stereocenters. The zero-order valence-corrected chi connectivity index (χ0v) is 30.6. The van der Waals surface area contributed by atoms with Gasteiger partial charge in [-0.15, -0.1) is 0 Å². The maximum Gasteiger partial charge on any atom is 0.251 e. The molecule has 0 aliphatic rings. The molecule has 2 rings (SSSR count). The maximum atomic E-state index is 13.2. The monoisotopic (exact) mass is 747 g/mol. The Morgan fingerprint density at radius 3 is 1.40 bits per heavy atom. The van der Waals surface area contributed by atoms with Gasteiger partial charge in [0.25, 0.3) is 11.8 Å². The van der Waals surface area contributed by atoms with Crippen LogP contribution in [0.25, 0.3) is 0 Å². The van der Waals surface area contributed by atoms with Crippen molar-refractivity contribution >= 4 is 49.6 Å². The van der Waals surface area contributed by atoms with Crippen molar-refractivity contribution in [2.75, 3.05) is 26.2 Å². The summed E-state index contributed by atoms with van der Waals surface area (Å²) in [5, 5.41) is 5.95. The van der Waals surface area contributed by atoms with Gasteiger partial charge in [0.2, 0.25) is 5.91 Å². The van der Waals surface area contributed by atoms with Crippen molar-refractivity contribution in [3.63, 3.8) is 0 Å². The number of carbonyl (C=O) groups excluding carboxylic acids is 3. The van der Waals surface area contributed by atoms with E-state index in [1.165, 1.54) is 70.6 Å². The average Bonchev–Trinajstić information content (AvgIpc) is 3.04. The normalized spacial score (nSPS) is 10.9. The van der Waals surface area contributed by atoms with E-state index in [4.69, 9.17) is 0 Å². The first-order valence-corrected chi connectivity index (χ1v) is 18.8. The lowest BCUT2D eigenvalue weighted by atomic mass is 10.0. The molecule has 0 saturated carbocycles. The van der Waals surface area contributed by atoms with E-state index in [0.29, 0.717) is 50.1 Å². The molecule has 0 radical (unpaired) electrons. The van der Waals surface area contributed by atoms with E-state index in [9.17, 15) is 14.4 Å². The van der Waals surface area contributed by atoms with Gasteiger partial charge in [-0.1, -0.05) is 116 Å². The summed E-state index contributed by atoms with van der Waals surface area (Å²) in [6.07, 6.45) is 19.6. The lowest BCUT2D eigenvalue weighted by molar-refractivity contribution is -0.131. The van der Waals surface area contributed by atoms with Gasteiger partial charge in [-0.3, -0.25) is 14.4 Å². The minimum atomic E-state index is -0.103. The number of hydrogen-bond donors (Lipinski definition) is 2. The van der Waals surface area contributed by atoms with Crippen molar-refractivity contribution in [2.24, 2.45) is 0 Å². The van der Waals surface area contributed by atoms with Crippen LogP contribution in [0.1, 0.15) is 137 Å². The number of rotatable bonds is 25. The van der Waals surface area contributed by atoms with Crippen molar-refractivity contribution in [2.45, 2.75) is 116 Å². The Labute approximate surface area is 289 Å². The van der Waals surface area contributed by atoms with Crippen molar-refractivity contribution in [1.82, 2.24) is 15.5 Å². The largest absolute Gasteiger partial charge is 0.352 e. The topological polar surface area (TPSA) is 78.5 Å². The van der Waals surface area contributed by atoms with Gasteiger partial charge in [-0.05, 0) is 74.2 Å². The maximum absolute atomic E-state index is 13.2. The number of unbranched alkanes of at least 4 members (excludes halogenated alkanes) is 13. The van der Waals surface area contributed by atoms with Gasteiger partial charge in [-0.25, -0.2) is 0 Å². The third-order valence-corrected chi connectivity index (χ3v) is 9.15. The highest BCUT2D eigenvalue weighted by atomic mass is 79.9. The number of nitrogens with zero attached hydrogens (tertiary/aromatic N) is 1. The van der Waals surface area contributed by atoms with E-state index >= 15 is 0 Å². The molecule has 0 aliphatic carbocycles. The third-order valence-electron chi connectivity index (χ3n) is 8.09. The quantitative estimate of drug-likeness (QED) is 0.0993. The second kappa shape index (κ2) is 25.0. The minimum Gasteiger partial charge on any atom is -0.352 e. The summed E-state index contributed by atoms with van der Waals surface area (Å²) in [6.45, 7) is 4.62. The molecular weight excluding hydrogens is 694 g/mol. The van der Waals surface area contributed by atoms with Gasteiger partial charge in [0, 0.05) is 52.7 Å². The summed E-state index contributed by atoms with van der Waals surface area (Å²) < 4.78 is 1.88. The lowest BCUT2D eigenvalue weighted by Crippen LogP contribution is -2.35. The summed E-state index contributed by atoms with van der Waals surface area (Å²) in [5.41, 5.74) is 1.26. The summed E-state index contributed by atoms with van der Waals surface area (Å²) in [6, 6.07) is 14.6.